The Bertz CT molecular complexity index is 439. The quantitative estimate of drug-likeness (QED) is 0.848. The third-order valence-corrected chi connectivity index (χ3v) is 3.09. The van der Waals surface area contributed by atoms with Gasteiger partial charge in [0.25, 0.3) is 5.91 Å². The monoisotopic (exact) mass is 272 g/mol. The zero-order valence-electron chi connectivity index (χ0n) is 10.6. The van der Waals surface area contributed by atoms with Gasteiger partial charge in [-0.3, -0.25) is 4.79 Å². The number of carbonyl (C=O) groups is 1. The molecule has 1 atom stereocenters. The number of hydrogen-bond acceptors (Lipinski definition) is 2. The molecule has 1 heterocycles. The molecule has 2 rings (SSSR count). The van der Waals surface area contributed by atoms with Crippen molar-refractivity contribution >= 4 is 18.3 Å². The highest BCUT2D eigenvalue weighted by molar-refractivity contribution is 5.95. The molecule has 0 radical (unpaired) electrons. The molecule has 5 heteroatoms. The van der Waals surface area contributed by atoms with Crippen LogP contribution in [0.25, 0.3) is 0 Å². The Hall–Kier alpha value is -1.13. The van der Waals surface area contributed by atoms with Gasteiger partial charge in [0.2, 0.25) is 0 Å². The molecule has 0 aromatic heterocycles. The van der Waals surface area contributed by atoms with Crippen LogP contribution in [0.4, 0.5) is 4.39 Å². The summed E-state index contributed by atoms with van der Waals surface area (Å²) in [6, 6.07) is 4.65. The normalized spacial score (nSPS) is 19.3. The lowest BCUT2D eigenvalue weighted by molar-refractivity contribution is 0.0708. The molecule has 0 aliphatic carbocycles. The lowest BCUT2D eigenvalue weighted by Gasteiger charge is -2.32. The van der Waals surface area contributed by atoms with Gasteiger partial charge in [-0.15, -0.1) is 12.4 Å². The van der Waals surface area contributed by atoms with Crippen LogP contribution in [0.3, 0.4) is 0 Å². The van der Waals surface area contributed by atoms with E-state index in [1.165, 1.54) is 12.1 Å². The molecule has 1 fully saturated rings. The lowest BCUT2D eigenvalue weighted by atomic mass is 10.1. The average molecular weight is 273 g/mol. The van der Waals surface area contributed by atoms with Crippen LogP contribution in [0.2, 0.25) is 0 Å². The molecule has 18 heavy (non-hydrogen) atoms. The molecule has 100 valence electrons. The van der Waals surface area contributed by atoms with Gasteiger partial charge in [0.15, 0.2) is 0 Å². The maximum Gasteiger partial charge on any atom is 0.254 e. The fourth-order valence-corrected chi connectivity index (χ4v) is 2.11. The predicted octanol–water partition coefficient (Wildman–Crippen LogP) is 1.99. The Kier molecular flexibility index (Phi) is 5.11. The molecule has 0 saturated carbocycles. The number of amides is 1. The zero-order chi connectivity index (χ0) is 12.4. The fourth-order valence-electron chi connectivity index (χ4n) is 2.11. The summed E-state index contributed by atoms with van der Waals surface area (Å²) in [5, 5.41) is 3.28. The van der Waals surface area contributed by atoms with E-state index in [0.29, 0.717) is 24.7 Å². The summed E-state index contributed by atoms with van der Waals surface area (Å²) < 4.78 is 13.2. The third kappa shape index (κ3) is 3.21. The smallest absolute Gasteiger partial charge is 0.254 e. The molecule has 1 aliphatic rings. The van der Waals surface area contributed by atoms with Crippen molar-refractivity contribution in [2.45, 2.75) is 19.9 Å². The van der Waals surface area contributed by atoms with Gasteiger partial charge in [-0.1, -0.05) is 6.07 Å². The van der Waals surface area contributed by atoms with Crippen molar-refractivity contribution < 1.29 is 9.18 Å². The molecule has 1 amide bonds. The van der Waals surface area contributed by atoms with E-state index in [2.05, 4.69) is 5.32 Å². The molecule has 1 unspecified atom stereocenters. The second-order valence-corrected chi connectivity index (χ2v) is 4.57. The van der Waals surface area contributed by atoms with E-state index >= 15 is 0 Å². The zero-order valence-corrected chi connectivity index (χ0v) is 11.4. The van der Waals surface area contributed by atoms with E-state index in [1.54, 1.807) is 11.0 Å². The number of carbonyl (C=O) groups excluding carboxylic acids is 1. The number of rotatable bonds is 1. The Balaban J connectivity index is 0.00000162. The Labute approximate surface area is 113 Å². The van der Waals surface area contributed by atoms with Crippen molar-refractivity contribution in [3.05, 3.63) is 35.1 Å². The minimum atomic E-state index is -0.359. The summed E-state index contributed by atoms with van der Waals surface area (Å²) in [6.45, 7) is 6.02. The van der Waals surface area contributed by atoms with Gasteiger partial charge in [0.05, 0.1) is 0 Å². The van der Waals surface area contributed by atoms with Crippen LogP contribution in [-0.4, -0.2) is 36.5 Å². The van der Waals surface area contributed by atoms with Gasteiger partial charge >= 0.3 is 0 Å². The van der Waals surface area contributed by atoms with E-state index < -0.39 is 0 Å². The molecule has 1 N–H and O–H groups in total. The fraction of sp³-hybridized carbons (Fsp3) is 0.462. The van der Waals surface area contributed by atoms with Gasteiger partial charge in [-0.05, 0) is 31.5 Å². The SMILES string of the molecule is Cc1ccc(F)cc1C(=O)N1CCNC(C)C1.Cl. The average Bonchev–Trinajstić information content (AvgIpc) is 2.31. The largest absolute Gasteiger partial charge is 0.336 e. The van der Waals surface area contributed by atoms with Gasteiger partial charge in [-0.25, -0.2) is 4.39 Å². The first-order chi connectivity index (χ1) is 8.08. The van der Waals surface area contributed by atoms with Crippen LogP contribution < -0.4 is 5.32 Å². The van der Waals surface area contributed by atoms with E-state index in [4.69, 9.17) is 0 Å². The molecule has 0 spiro atoms. The van der Waals surface area contributed by atoms with Crippen LogP contribution in [-0.2, 0) is 0 Å². The molecule has 1 saturated heterocycles. The number of halogens is 2. The number of aryl methyl sites for hydroxylation is 1. The number of benzene rings is 1. The first kappa shape index (κ1) is 14.9. The second-order valence-electron chi connectivity index (χ2n) is 4.57. The van der Waals surface area contributed by atoms with Crippen LogP contribution >= 0.6 is 12.4 Å². The molecule has 1 aromatic carbocycles. The number of nitrogens with zero attached hydrogens (tertiary/aromatic N) is 1. The number of nitrogens with one attached hydrogen (secondary N) is 1. The molecule has 1 aromatic rings. The van der Waals surface area contributed by atoms with Gasteiger partial charge in [0.1, 0.15) is 5.82 Å². The van der Waals surface area contributed by atoms with Crippen molar-refractivity contribution in [3.63, 3.8) is 0 Å². The second kappa shape index (κ2) is 6.16. The van der Waals surface area contributed by atoms with Crippen LogP contribution in [0.1, 0.15) is 22.8 Å². The summed E-state index contributed by atoms with van der Waals surface area (Å²) >= 11 is 0. The molecular formula is C13H18ClFN2O. The maximum atomic E-state index is 13.2. The molecule has 1 aliphatic heterocycles. The van der Waals surface area contributed by atoms with Gasteiger partial charge in [0, 0.05) is 31.2 Å². The van der Waals surface area contributed by atoms with Crippen LogP contribution in [0.15, 0.2) is 18.2 Å². The van der Waals surface area contributed by atoms with Crippen molar-refractivity contribution in [3.8, 4) is 0 Å². The molecular weight excluding hydrogens is 255 g/mol. The van der Waals surface area contributed by atoms with Crippen molar-refractivity contribution in [1.82, 2.24) is 10.2 Å². The summed E-state index contributed by atoms with van der Waals surface area (Å²) in [5.41, 5.74) is 1.29. The number of piperazine rings is 1. The van der Waals surface area contributed by atoms with Crippen molar-refractivity contribution in [2.75, 3.05) is 19.6 Å². The van der Waals surface area contributed by atoms with Crippen molar-refractivity contribution in [1.29, 1.82) is 0 Å². The summed E-state index contributed by atoms with van der Waals surface area (Å²) in [5.74, 6) is -0.433. The standard InChI is InChI=1S/C13H17FN2O.ClH/c1-9-3-4-11(14)7-12(9)13(17)16-6-5-15-10(2)8-16;/h3-4,7,10,15H,5-6,8H2,1-2H3;1H. The minimum Gasteiger partial charge on any atom is -0.336 e. The predicted molar refractivity (Wildman–Crippen MR) is 71.8 cm³/mol. The Morgan fingerprint density at radius 2 is 2.22 bits per heavy atom. The van der Waals surface area contributed by atoms with Crippen LogP contribution in [0, 0.1) is 12.7 Å². The summed E-state index contributed by atoms with van der Waals surface area (Å²) in [6.07, 6.45) is 0. The highest BCUT2D eigenvalue weighted by Crippen LogP contribution is 2.14. The van der Waals surface area contributed by atoms with Crippen LogP contribution in [0.5, 0.6) is 0 Å². The number of hydrogen-bond donors (Lipinski definition) is 1. The molecule has 3 nitrogen and oxygen atoms in total. The highest BCUT2D eigenvalue weighted by atomic mass is 35.5. The Morgan fingerprint density at radius 1 is 1.50 bits per heavy atom. The summed E-state index contributed by atoms with van der Waals surface area (Å²) in [4.78, 5) is 14.0. The molecule has 0 bridgehead atoms. The maximum absolute atomic E-state index is 13.2. The van der Waals surface area contributed by atoms with E-state index in [9.17, 15) is 9.18 Å². The van der Waals surface area contributed by atoms with E-state index in [1.807, 2.05) is 13.8 Å². The van der Waals surface area contributed by atoms with E-state index in [-0.39, 0.29) is 24.1 Å². The topological polar surface area (TPSA) is 32.3 Å². The minimum absolute atomic E-state index is 0. The van der Waals surface area contributed by atoms with Gasteiger partial charge in [-0.2, -0.15) is 0 Å². The summed E-state index contributed by atoms with van der Waals surface area (Å²) in [7, 11) is 0. The van der Waals surface area contributed by atoms with Crippen molar-refractivity contribution in [2.24, 2.45) is 0 Å². The lowest BCUT2D eigenvalue weighted by Crippen LogP contribution is -2.51. The Morgan fingerprint density at radius 3 is 2.89 bits per heavy atom. The third-order valence-electron chi connectivity index (χ3n) is 3.09. The van der Waals surface area contributed by atoms with E-state index in [0.717, 1.165) is 12.1 Å². The first-order valence-electron chi connectivity index (χ1n) is 5.87. The van der Waals surface area contributed by atoms with Gasteiger partial charge < -0.3 is 10.2 Å². The highest BCUT2D eigenvalue weighted by Gasteiger charge is 2.22. The first-order valence-corrected chi connectivity index (χ1v) is 5.87.